The number of benzene rings is 1. The zero-order chi connectivity index (χ0) is 20.4. The van der Waals surface area contributed by atoms with Crippen molar-refractivity contribution in [3.05, 3.63) is 80.3 Å². The minimum absolute atomic E-state index is 0.0249. The molecule has 1 aromatic heterocycles. The summed E-state index contributed by atoms with van der Waals surface area (Å²) in [4.78, 5) is 25.2. The third-order valence-corrected chi connectivity index (χ3v) is 6.55. The molecule has 146 valence electrons. The topological polar surface area (TPSA) is 83.1 Å². The number of nitrogens with zero attached hydrogens (tertiary/aromatic N) is 1. The molecule has 1 aromatic carbocycles. The summed E-state index contributed by atoms with van der Waals surface area (Å²) in [5, 5.41) is 13.8. The molecule has 2 heterocycles. The maximum absolute atomic E-state index is 12.6. The van der Waals surface area contributed by atoms with Gasteiger partial charge in [-0.3, -0.25) is 9.59 Å². The van der Waals surface area contributed by atoms with Gasteiger partial charge in [-0.15, -0.1) is 0 Å². The largest absolute Gasteiger partial charge is 0.468 e. The van der Waals surface area contributed by atoms with Crippen LogP contribution in [0.4, 0.5) is 0 Å². The van der Waals surface area contributed by atoms with Gasteiger partial charge >= 0.3 is 0 Å². The Morgan fingerprint density at radius 3 is 2.76 bits per heavy atom. The van der Waals surface area contributed by atoms with E-state index in [2.05, 4.69) is 27.3 Å². The third-order valence-electron chi connectivity index (χ3n) is 5.00. The van der Waals surface area contributed by atoms with Crippen molar-refractivity contribution in [1.29, 1.82) is 5.26 Å². The lowest BCUT2D eigenvalue weighted by Gasteiger charge is -2.32. The first kappa shape index (κ1) is 19.7. The van der Waals surface area contributed by atoms with Gasteiger partial charge in [-0.2, -0.15) is 5.26 Å². The fourth-order valence-corrected chi connectivity index (χ4v) is 4.86. The van der Waals surface area contributed by atoms with Crippen LogP contribution in [-0.2, 0) is 4.79 Å². The highest BCUT2D eigenvalue weighted by atomic mass is 79.9. The number of nitrogens with one attached hydrogen (secondary N) is 1. The molecule has 1 aliphatic heterocycles. The number of nitriles is 1. The van der Waals surface area contributed by atoms with Crippen LogP contribution >= 0.6 is 27.7 Å². The molecule has 0 saturated heterocycles. The number of halogens is 1. The second kappa shape index (κ2) is 8.44. The van der Waals surface area contributed by atoms with Gasteiger partial charge < -0.3 is 9.73 Å². The Hall–Kier alpha value is -2.56. The van der Waals surface area contributed by atoms with Crippen molar-refractivity contribution < 1.29 is 14.0 Å². The monoisotopic (exact) mass is 468 g/mol. The average molecular weight is 469 g/mol. The lowest BCUT2D eigenvalue weighted by Crippen LogP contribution is -2.31. The number of allylic oxidation sites excluding steroid dienone is 3. The molecule has 0 amide bonds. The highest BCUT2D eigenvalue weighted by molar-refractivity contribution is 9.10. The number of dihydropyridines is 1. The Labute approximate surface area is 181 Å². The van der Waals surface area contributed by atoms with E-state index in [-0.39, 0.29) is 17.3 Å². The lowest BCUT2D eigenvalue weighted by atomic mass is 9.79. The van der Waals surface area contributed by atoms with Crippen LogP contribution in [-0.4, -0.2) is 17.3 Å². The van der Waals surface area contributed by atoms with Gasteiger partial charge in [0.2, 0.25) is 0 Å². The van der Waals surface area contributed by atoms with E-state index in [1.165, 1.54) is 11.8 Å². The van der Waals surface area contributed by atoms with Crippen molar-refractivity contribution in [2.45, 2.75) is 25.2 Å². The standard InChI is InChI=1S/C22H17BrN2O3S/c23-14-8-6-13(7-9-14)18(27)12-29-22-15(11-24)20(19-5-2-10-28-19)21-16(25-22)3-1-4-17(21)26/h2,5-10,20,25H,1,3-4,12H2/t20-/m0/s1. The van der Waals surface area contributed by atoms with Gasteiger partial charge in [-0.1, -0.05) is 39.8 Å². The minimum atomic E-state index is -0.524. The van der Waals surface area contributed by atoms with Gasteiger partial charge in [-0.25, -0.2) is 0 Å². The van der Waals surface area contributed by atoms with Crippen molar-refractivity contribution in [1.82, 2.24) is 5.32 Å². The number of rotatable bonds is 5. The fraction of sp³-hybridized carbons (Fsp3) is 0.227. The molecule has 29 heavy (non-hydrogen) atoms. The van der Waals surface area contributed by atoms with Crippen molar-refractivity contribution in [3.63, 3.8) is 0 Å². The first-order valence-electron chi connectivity index (χ1n) is 9.21. The third kappa shape index (κ3) is 3.96. The van der Waals surface area contributed by atoms with E-state index in [1.54, 1.807) is 30.5 Å². The van der Waals surface area contributed by atoms with E-state index in [1.807, 2.05) is 12.1 Å². The SMILES string of the molecule is N#CC1=C(SCC(=O)c2ccc(Br)cc2)NC2=C(C(=O)CCC2)[C@@H]1c1ccco1. The quantitative estimate of drug-likeness (QED) is 0.615. The number of ketones is 2. The summed E-state index contributed by atoms with van der Waals surface area (Å²) in [6.07, 6.45) is 3.53. The van der Waals surface area contributed by atoms with E-state index in [0.717, 1.165) is 23.0 Å². The summed E-state index contributed by atoms with van der Waals surface area (Å²) in [5.74, 6) is 0.259. The molecule has 0 fully saturated rings. The molecule has 1 aliphatic carbocycles. The van der Waals surface area contributed by atoms with Crippen LogP contribution in [0, 0.1) is 11.3 Å². The molecule has 2 aromatic rings. The summed E-state index contributed by atoms with van der Waals surface area (Å²) in [6, 6.07) is 13.0. The molecule has 0 unspecified atom stereocenters. The number of Topliss-reactive ketones (excluding diaryl/α,β-unsaturated/α-hetero) is 2. The summed E-state index contributed by atoms with van der Waals surface area (Å²) in [5.41, 5.74) is 2.49. The second-order valence-corrected chi connectivity index (χ2v) is 8.72. The summed E-state index contributed by atoms with van der Waals surface area (Å²) in [7, 11) is 0. The van der Waals surface area contributed by atoms with Crippen LogP contribution in [0.5, 0.6) is 0 Å². The van der Waals surface area contributed by atoms with Crippen molar-refractivity contribution in [2.24, 2.45) is 0 Å². The molecule has 0 spiro atoms. The summed E-state index contributed by atoms with van der Waals surface area (Å²) >= 11 is 4.66. The zero-order valence-electron chi connectivity index (χ0n) is 15.4. The smallest absolute Gasteiger partial charge is 0.173 e. The molecule has 0 radical (unpaired) electrons. The van der Waals surface area contributed by atoms with Crippen LogP contribution in [0.2, 0.25) is 0 Å². The van der Waals surface area contributed by atoms with Crippen LogP contribution in [0.15, 0.2) is 73.4 Å². The maximum atomic E-state index is 12.6. The highest BCUT2D eigenvalue weighted by Gasteiger charge is 2.38. The van der Waals surface area contributed by atoms with Crippen molar-refractivity contribution >= 4 is 39.3 Å². The van der Waals surface area contributed by atoms with Crippen LogP contribution in [0.3, 0.4) is 0 Å². The van der Waals surface area contributed by atoms with Gasteiger partial charge in [0.05, 0.1) is 34.6 Å². The van der Waals surface area contributed by atoms with Crippen LogP contribution in [0.1, 0.15) is 41.3 Å². The van der Waals surface area contributed by atoms with Crippen LogP contribution < -0.4 is 5.32 Å². The Morgan fingerprint density at radius 1 is 1.28 bits per heavy atom. The number of carbonyl (C=O) groups is 2. The molecule has 0 bridgehead atoms. The number of furan rings is 1. The van der Waals surface area contributed by atoms with Gasteiger partial charge in [0.15, 0.2) is 11.6 Å². The van der Waals surface area contributed by atoms with Crippen LogP contribution in [0.25, 0.3) is 0 Å². The molecule has 7 heteroatoms. The first-order chi connectivity index (χ1) is 14.1. The molecule has 0 saturated carbocycles. The first-order valence-corrected chi connectivity index (χ1v) is 11.0. The molecule has 1 atom stereocenters. The van der Waals surface area contributed by atoms with Gasteiger partial charge in [0, 0.05) is 27.7 Å². The van der Waals surface area contributed by atoms with E-state index in [4.69, 9.17) is 4.42 Å². The number of thioether (sulfide) groups is 1. The van der Waals surface area contributed by atoms with E-state index >= 15 is 0 Å². The molecule has 2 aliphatic rings. The maximum Gasteiger partial charge on any atom is 0.173 e. The predicted octanol–water partition coefficient (Wildman–Crippen LogP) is 5.09. The normalized spacial score (nSPS) is 18.9. The lowest BCUT2D eigenvalue weighted by molar-refractivity contribution is -0.116. The minimum Gasteiger partial charge on any atom is -0.468 e. The average Bonchev–Trinajstić information content (AvgIpc) is 3.26. The second-order valence-electron chi connectivity index (χ2n) is 6.82. The molecular formula is C22H17BrN2O3S. The van der Waals surface area contributed by atoms with Gasteiger partial charge in [0.1, 0.15) is 5.76 Å². The summed E-state index contributed by atoms with van der Waals surface area (Å²) < 4.78 is 6.49. The zero-order valence-corrected chi connectivity index (χ0v) is 17.8. The van der Waals surface area contributed by atoms with Gasteiger partial charge in [-0.05, 0) is 37.1 Å². The summed E-state index contributed by atoms with van der Waals surface area (Å²) in [6.45, 7) is 0. The van der Waals surface area contributed by atoms with Crippen molar-refractivity contribution in [3.8, 4) is 6.07 Å². The van der Waals surface area contributed by atoms with E-state index in [0.29, 0.717) is 33.9 Å². The van der Waals surface area contributed by atoms with E-state index < -0.39 is 5.92 Å². The Morgan fingerprint density at radius 2 is 2.07 bits per heavy atom. The van der Waals surface area contributed by atoms with Gasteiger partial charge in [0.25, 0.3) is 0 Å². The number of carbonyl (C=O) groups excluding carboxylic acids is 2. The number of hydrogen-bond donors (Lipinski definition) is 1. The molecule has 4 rings (SSSR count). The fourth-order valence-electron chi connectivity index (χ4n) is 3.63. The predicted molar refractivity (Wildman–Crippen MR) is 114 cm³/mol. The van der Waals surface area contributed by atoms with Crippen molar-refractivity contribution in [2.75, 3.05) is 5.75 Å². The van der Waals surface area contributed by atoms with E-state index in [9.17, 15) is 14.9 Å². The molecule has 5 nitrogen and oxygen atoms in total. The molecule has 1 N–H and O–H groups in total. The highest BCUT2D eigenvalue weighted by Crippen LogP contribution is 2.44. The molecular weight excluding hydrogens is 452 g/mol. The Bertz CT molecular complexity index is 1060. The number of hydrogen-bond acceptors (Lipinski definition) is 6. The Kier molecular flexibility index (Phi) is 5.74. The Balaban J connectivity index is 1.64.